The summed E-state index contributed by atoms with van der Waals surface area (Å²) in [5, 5.41) is 16.3. The van der Waals surface area contributed by atoms with Crippen LogP contribution < -0.4 is 10.6 Å². The zero-order valence-corrected chi connectivity index (χ0v) is 13.0. The minimum absolute atomic E-state index is 0.0856. The van der Waals surface area contributed by atoms with E-state index >= 15 is 0 Å². The highest BCUT2D eigenvalue weighted by molar-refractivity contribution is 5.58. The fourth-order valence-electron chi connectivity index (χ4n) is 2.04. The Hall–Kier alpha value is -1.36. The largest absolute Gasteiger partial charge is 0.394 e. The van der Waals surface area contributed by atoms with Crippen LogP contribution in [0.25, 0.3) is 0 Å². The number of hydrogen-bond acceptors (Lipinski definition) is 5. The lowest BCUT2D eigenvalue weighted by atomic mass is 10.00. The predicted molar refractivity (Wildman–Crippen MR) is 82.3 cm³/mol. The van der Waals surface area contributed by atoms with Crippen molar-refractivity contribution in [1.29, 1.82) is 0 Å². The van der Waals surface area contributed by atoms with Gasteiger partial charge in [0.1, 0.15) is 17.5 Å². The fourth-order valence-corrected chi connectivity index (χ4v) is 2.04. The van der Waals surface area contributed by atoms with E-state index in [-0.39, 0.29) is 12.1 Å². The van der Waals surface area contributed by atoms with Crippen LogP contribution in [-0.4, -0.2) is 33.8 Å². The second-order valence-electron chi connectivity index (χ2n) is 5.91. The molecule has 1 aromatic rings. The minimum Gasteiger partial charge on any atom is -0.394 e. The van der Waals surface area contributed by atoms with Gasteiger partial charge < -0.3 is 15.7 Å². The fraction of sp³-hybridized carbons (Fsp3) is 0.733. The quantitative estimate of drug-likeness (QED) is 0.715. The van der Waals surface area contributed by atoms with Crippen molar-refractivity contribution in [3.63, 3.8) is 0 Å². The van der Waals surface area contributed by atoms with Crippen molar-refractivity contribution < 1.29 is 5.11 Å². The van der Waals surface area contributed by atoms with Crippen molar-refractivity contribution >= 4 is 11.6 Å². The lowest BCUT2D eigenvalue weighted by Gasteiger charge is -2.29. The maximum absolute atomic E-state index is 9.58. The van der Waals surface area contributed by atoms with Gasteiger partial charge in [-0.05, 0) is 40.0 Å². The molecule has 0 spiro atoms. The van der Waals surface area contributed by atoms with Crippen molar-refractivity contribution in [2.24, 2.45) is 0 Å². The number of nitrogens with zero attached hydrogens (tertiary/aromatic N) is 2. The zero-order chi connectivity index (χ0) is 14.8. The Morgan fingerprint density at radius 2 is 1.90 bits per heavy atom. The standard InChI is InChI=1S/C15H26N4O/c1-5-15(4,9-20)19-13-10(3)12(16-6-2)17-14(18-13)11-7-8-11/h11,20H,5-9H2,1-4H3,(H2,16,17,18,19). The molecule has 20 heavy (non-hydrogen) atoms. The predicted octanol–water partition coefficient (Wildman–Crippen LogP) is 2.67. The van der Waals surface area contributed by atoms with Gasteiger partial charge in [-0.3, -0.25) is 0 Å². The summed E-state index contributed by atoms with van der Waals surface area (Å²) in [4.78, 5) is 9.33. The van der Waals surface area contributed by atoms with Gasteiger partial charge in [-0.25, -0.2) is 9.97 Å². The Morgan fingerprint density at radius 3 is 2.40 bits per heavy atom. The lowest BCUT2D eigenvalue weighted by molar-refractivity contribution is 0.218. The molecule has 1 aromatic heterocycles. The molecule has 1 heterocycles. The molecule has 0 saturated heterocycles. The van der Waals surface area contributed by atoms with Gasteiger partial charge in [-0.15, -0.1) is 0 Å². The van der Waals surface area contributed by atoms with Crippen molar-refractivity contribution in [2.45, 2.75) is 58.4 Å². The van der Waals surface area contributed by atoms with Crippen molar-refractivity contribution in [2.75, 3.05) is 23.8 Å². The van der Waals surface area contributed by atoms with Crippen LogP contribution in [0.3, 0.4) is 0 Å². The van der Waals surface area contributed by atoms with Crippen LogP contribution in [0.15, 0.2) is 0 Å². The van der Waals surface area contributed by atoms with E-state index in [0.717, 1.165) is 36.0 Å². The molecule has 1 fully saturated rings. The number of hydrogen-bond donors (Lipinski definition) is 3. The first-order valence-corrected chi connectivity index (χ1v) is 7.54. The normalized spacial score (nSPS) is 17.6. The van der Waals surface area contributed by atoms with Crippen molar-refractivity contribution in [1.82, 2.24) is 9.97 Å². The zero-order valence-electron chi connectivity index (χ0n) is 13.0. The molecule has 1 atom stereocenters. The second kappa shape index (κ2) is 5.95. The van der Waals surface area contributed by atoms with Crippen molar-refractivity contribution in [3.8, 4) is 0 Å². The molecule has 1 aliphatic carbocycles. The van der Waals surface area contributed by atoms with Crippen LogP contribution in [0.5, 0.6) is 0 Å². The van der Waals surface area contributed by atoms with E-state index in [1.165, 1.54) is 12.8 Å². The Kier molecular flexibility index (Phi) is 4.48. The first-order valence-electron chi connectivity index (χ1n) is 7.54. The maximum Gasteiger partial charge on any atom is 0.136 e. The monoisotopic (exact) mass is 278 g/mol. The Labute approximate surface area is 121 Å². The smallest absolute Gasteiger partial charge is 0.136 e. The highest BCUT2D eigenvalue weighted by Crippen LogP contribution is 2.39. The highest BCUT2D eigenvalue weighted by atomic mass is 16.3. The third kappa shape index (κ3) is 3.20. The molecule has 0 bridgehead atoms. The molecule has 0 radical (unpaired) electrons. The minimum atomic E-state index is -0.344. The van der Waals surface area contributed by atoms with Gasteiger partial charge in [0.05, 0.1) is 12.1 Å². The molecule has 1 unspecified atom stereocenters. The molecule has 5 nitrogen and oxygen atoms in total. The molecule has 0 aliphatic heterocycles. The first kappa shape index (κ1) is 15.0. The number of anilines is 2. The summed E-state index contributed by atoms with van der Waals surface area (Å²) in [7, 11) is 0. The molecule has 3 N–H and O–H groups in total. The molecule has 2 rings (SSSR count). The summed E-state index contributed by atoms with van der Waals surface area (Å²) < 4.78 is 0. The Bertz CT molecular complexity index is 467. The summed E-state index contributed by atoms with van der Waals surface area (Å²) in [6.07, 6.45) is 3.19. The topological polar surface area (TPSA) is 70.1 Å². The van der Waals surface area contributed by atoms with E-state index in [4.69, 9.17) is 0 Å². The van der Waals surface area contributed by atoms with E-state index in [0.29, 0.717) is 5.92 Å². The van der Waals surface area contributed by atoms with E-state index in [9.17, 15) is 5.11 Å². The van der Waals surface area contributed by atoms with Gasteiger partial charge in [0.2, 0.25) is 0 Å². The van der Waals surface area contributed by atoms with Crippen LogP contribution in [0.1, 0.15) is 57.3 Å². The third-order valence-corrected chi connectivity index (χ3v) is 4.00. The number of nitrogens with one attached hydrogen (secondary N) is 2. The highest BCUT2D eigenvalue weighted by Gasteiger charge is 2.29. The molecule has 0 amide bonds. The molecular weight excluding hydrogens is 252 g/mol. The number of aliphatic hydroxyl groups is 1. The average Bonchev–Trinajstić information content (AvgIpc) is 3.27. The summed E-state index contributed by atoms with van der Waals surface area (Å²) >= 11 is 0. The van der Waals surface area contributed by atoms with Crippen LogP contribution in [0.2, 0.25) is 0 Å². The SMILES string of the molecule is CCNc1nc(C2CC2)nc(NC(C)(CC)CO)c1C. The van der Waals surface area contributed by atoms with Crippen molar-refractivity contribution in [3.05, 3.63) is 11.4 Å². The maximum atomic E-state index is 9.58. The van der Waals surface area contributed by atoms with Crippen LogP contribution >= 0.6 is 0 Å². The Morgan fingerprint density at radius 1 is 1.25 bits per heavy atom. The van der Waals surface area contributed by atoms with Gasteiger partial charge in [0, 0.05) is 18.0 Å². The van der Waals surface area contributed by atoms with Gasteiger partial charge in [-0.2, -0.15) is 0 Å². The number of aliphatic hydroxyl groups excluding tert-OH is 1. The van der Waals surface area contributed by atoms with E-state index in [1.54, 1.807) is 0 Å². The third-order valence-electron chi connectivity index (χ3n) is 4.00. The van der Waals surface area contributed by atoms with Crippen LogP contribution in [-0.2, 0) is 0 Å². The van der Waals surface area contributed by atoms with Crippen LogP contribution in [0.4, 0.5) is 11.6 Å². The van der Waals surface area contributed by atoms with Gasteiger partial charge >= 0.3 is 0 Å². The van der Waals surface area contributed by atoms with Crippen LogP contribution in [0, 0.1) is 6.92 Å². The molecule has 0 aromatic carbocycles. The summed E-state index contributed by atoms with van der Waals surface area (Å²) in [6, 6.07) is 0. The molecule has 112 valence electrons. The van der Waals surface area contributed by atoms with Gasteiger partial charge in [-0.1, -0.05) is 6.92 Å². The Balaban J connectivity index is 2.34. The van der Waals surface area contributed by atoms with E-state index < -0.39 is 0 Å². The first-order chi connectivity index (χ1) is 9.53. The molecule has 5 heteroatoms. The lowest BCUT2D eigenvalue weighted by Crippen LogP contribution is -2.38. The van der Waals surface area contributed by atoms with Gasteiger partial charge in [0.25, 0.3) is 0 Å². The molecule has 1 saturated carbocycles. The van der Waals surface area contributed by atoms with E-state index in [1.807, 2.05) is 13.8 Å². The average molecular weight is 278 g/mol. The summed E-state index contributed by atoms with van der Waals surface area (Å²) in [5.74, 6) is 3.18. The summed E-state index contributed by atoms with van der Waals surface area (Å²) in [6.45, 7) is 9.08. The number of aromatic nitrogens is 2. The second-order valence-corrected chi connectivity index (χ2v) is 5.91. The summed E-state index contributed by atoms with van der Waals surface area (Å²) in [5.41, 5.74) is 0.674. The number of rotatable bonds is 7. The molecule has 1 aliphatic rings. The molecular formula is C15H26N4O. The van der Waals surface area contributed by atoms with E-state index in [2.05, 4.69) is 34.4 Å². The van der Waals surface area contributed by atoms with Gasteiger partial charge in [0.15, 0.2) is 0 Å².